The van der Waals surface area contributed by atoms with Gasteiger partial charge < -0.3 is 18.9 Å². The fourth-order valence-corrected chi connectivity index (χ4v) is 1.56. The van der Waals surface area contributed by atoms with Crippen LogP contribution in [0.2, 0.25) is 0 Å². The molecule has 2 aliphatic heterocycles. The van der Waals surface area contributed by atoms with Gasteiger partial charge in [-0.15, -0.1) is 0 Å². The molecule has 0 aromatic carbocycles. The molecule has 0 radical (unpaired) electrons. The van der Waals surface area contributed by atoms with Crippen molar-refractivity contribution >= 4 is 11.9 Å². The Morgan fingerprint density at radius 1 is 0.842 bits per heavy atom. The molecule has 2 atom stereocenters. The molecule has 0 spiro atoms. The van der Waals surface area contributed by atoms with Crippen molar-refractivity contribution in [2.24, 2.45) is 0 Å². The van der Waals surface area contributed by atoms with E-state index in [1.54, 1.807) is 0 Å². The molecule has 2 saturated heterocycles. The molecule has 6 heteroatoms. The summed E-state index contributed by atoms with van der Waals surface area (Å²) in [5, 5.41) is 0. The van der Waals surface area contributed by atoms with Gasteiger partial charge >= 0.3 is 11.9 Å². The van der Waals surface area contributed by atoms with Crippen molar-refractivity contribution < 1.29 is 28.5 Å². The van der Waals surface area contributed by atoms with Crippen LogP contribution >= 0.6 is 0 Å². The summed E-state index contributed by atoms with van der Waals surface area (Å²) >= 11 is 0. The first kappa shape index (κ1) is 14.3. The van der Waals surface area contributed by atoms with Crippen LogP contribution in [-0.4, -0.2) is 50.6 Å². The average molecular weight is 272 g/mol. The Labute approximate surface area is 112 Å². The van der Waals surface area contributed by atoms with E-state index in [0.29, 0.717) is 39.3 Å². The van der Waals surface area contributed by atoms with Crippen LogP contribution in [-0.2, 0) is 28.5 Å². The SMILES string of the molecule is O=C(CCCCCC(=O)OCC1CO1)OCC1CO1. The number of carbonyl (C=O) groups is 2. The van der Waals surface area contributed by atoms with Crippen molar-refractivity contribution in [1.82, 2.24) is 0 Å². The third kappa shape index (κ3) is 7.12. The number of ether oxygens (including phenoxy) is 4. The fraction of sp³-hybridized carbons (Fsp3) is 0.846. The van der Waals surface area contributed by atoms with Gasteiger partial charge in [-0.3, -0.25) is 9.59 Å². The molecule has 2 rings (SSSR count). The summed E-state index contributed by atoms with van der Waals surface area (Å²) < 4.78 is 19.9. The van der Waals surface area contributed by atoms with Gasteiger partial charge in [0.05, 0.1) is 13.2 Å². The Bertz CT molecular complexity index is 278. The lowest BCUT2D eigenvalue weighted by atomic mass is 10.1. The van der Waals surface area contributed by atoms with E-state index in [4.69, 9.17) is 18.9 Å². The number of hydrogen-bond donors (Lipinski definition) is 0. The zero-order valence-electron chi connectivity index (χ0n) is 11.0. The standard InChI is InChI=1S/C13H20O6/c14-12(18-8-10-6-16-10)4-2-1-3-5-13(15)19-9-11-7-17-11/h10-11H,1-9H2. The van der Waals surface area contributed by atoms with E-state index in [1.165, 1.54) is 0 Å². The number of carbonyl (C=O) groups excluding carboxylic acids is 2. The topological polar surface area (TPSA) is 77.7 Å². The van der Waals surface area contributed by atoms with E-state index in [2.05, 4.69) is 0 Å². The van der Waals surface area contributed by atoms with Gasteiger partial charge in [-0.25, -0.2) is 0 Å². The maximum absolute atomic E-state index is 11.3. The average Bonchev–Trinajstić information content (AvgIpc) is 3.28. The Morgan fingerprint density at radius 2 is 1.26 bits per heavy atom. The highest BCUT2D eigenvalue weighted by molar-refractivity contribution is 5.70. The van der Waals surface area contributed by atoms with Crippen LogP contribution in [0.25, 0.3) is 0 Å². The number of unbranched alkanes of at least 4 members (excludes halogenated alkanes) is 2. The van der Waals surface area contributed by atoms with E-state index in [1.807, 2.05) is 0 Å². The molecule has 6 nitrogen and oxygen atoms in total. The molecule has 0 aliphatic carbocycles. The van der Waals surface area contributed by atoms with E-state index >= 15 is 0 Å². The molecule has 2 unspecified atom stereocenters. The summed E-state index contributed by atoms with van der Waals surface area (Å²) in [4.78, 5) is 22.5. The number of rotatable bonds is 10. The van der Waals surface area contributed by atoms with Crippen molar-refractivity contribution in [1.29, 1.82) is 0 Å². The Morgan fingerprint density at radius 3 is 1.63 bits per heavy atom. The van der Waals surface area contributed by atoms with Gasteiger partial charge in [-0.2, -0.15) is 0 Å². The predicted molar refractivity (Wildman–Crippen MR) is 64.5 cm³/mol. The summed E-state index contributed by atoms with van der Waals surface area (Å²) in [6.45, 7) is 2.13. The van der Waals surface area contributed by atoms with Gasteiger partial charge in [-0.05, 0) is 12.8 Å². The molecular formula is C13H20O6. The minimum absolute atomic E-state index is 0.120. The molecule has 0 saturated carbocycles. The van der Waals surface area contributed by atoms with Gasteiger partial charge in [0.2, 0.25) is 0 Å². The molecule has 19 heavy (non-hydrogen) atoms. The maximum atomic E-state index is 11.3. The summed E-state index contributed by atoms with van der Waals surface area (Å²) in [5.41, 5.74) is 0. The van der Waals surface area contributed by atoms with Crippen molar-refractivity contribution in [3.8, 4) is 0 Å². The van der Waals surface area contributed by atoms with Crippen LogP contribution in [0.3, 0.4) is 0 Å². The van der Waals surface area contributed by atoms with Gasteiger partial charge in [0.15, 0.2) is 0 Å². The first-order valence-electron chi connectivity index (χ1n) is 6.78. The largest absolute Gasteiger partial charge is 0.463 e. The molecule has 0 bridgehead atoms. The Kier molecular flexibility index (Phi) is 5.60. The van der Waals surface area contributed by atoms with E-state index < -0.39 is 0 Å². The van der Waals surface area contributed by atoms with Gasteiger partial charge in [0.25, 0.3) is 0 Å². The quantitative estimate of drug-likeness (QED) is 0.333. The highest BCUT2D eigenvalue weighted by Gasteiger charge is 2.24. The minimum atomic E-state index is -0.191. The maximum Gasteiger partial charge on any atom is 0.305 e. The molecule has 2 fully saturated rings. The second kappa shape index (κ2) is 7.45. The summed E-state index contributed by atoms with van der Waals surface area (Å²) in [6.07, 6.45) is 3.34. The molecule has 2 aliphatic rings. The minimum Gasteiger partial charge on any atom is -0.463 e. The molecule has 0 N–H and O–H groups in total. The van der Waals surface area contributed by atoms with E-state index in [0.717, 1.165) is 19.3 Å². The summed E-state index contributed by atoms with van der Waals surface area (Å²) in [5.74, 6) is -0.382. The summed E-state index contributed by atoms with van der Waals surface area (Å²) in [7, 11) is 0. The van der Waals surface area contributed by atoms with Gasteiger partial charge in [-0.1, -0.05) is 6.42 Å². The zero-order chi connectivity index (χ0) is 13.5. The number of hydrogen-bond acceptors (Lipinski definition) is 6. The second-order valence-electron chi connectivity index (χ2n) is 4.84. The first-order valence-corrected chi connectivity index (χ1v) is 6.78. The molecule has 0 aromatic heterocycles. The lowest BCUT2D eigenvalue weighted by molar-refractivity contribution is -0.144. The van der Waals surface area contributed by atoms with Crippen LogP contribution in [0, 0.1) is 0 Å². The van der Waals surface area contributed by atoms with Crippen molar-refractivity contribution in [3.63, 3.8) is 0 Å². The predicted octanol–water partition coefficient (Wildman–Crippen LogP) is 0.821. The van der Waals surface area contributed by atoms with Crippen LogP contribution in [0.5, 0.6) is 0 Å². The normalized spacial score (nSPS) is 23.8. The Hall–Kier alpha value is -1.14. The molecular weight excluding hydrogens is 252 g/mol. The molecule has 0 aromatic rings. The van der Waals surface area contributed by atoms with Crippen LogP contribution in [0.1, 0.15) is 32.1 Å². The number of esters is 2. The Balaban J connectivity index is 1.36. The van der Waals surface area contributed by atoms with Gasteiger partial charge in [0.1, 0.15) is 25.4 Å². The highest BCUT2D eigenvalue weighted by Crippen LogP contribution is 2.11. The van der Waals surface area contributed by atoms with Crippen LogP contribution in [0.15, 0.2) is 0 Å². The molecule has 2 heterocycles. The van der Waals surface area contributed by atoms with Crippen LogP contribution in [0.4, 0.5) is 0 Å². The molecule has 0 amide bonds. The molecule has 108 valence electrons. The fourth-order valence-electron chi connectivity index (χ4n) is 1.56. The van der Waals surface area contributed by atoms with Gasteiger partial charge in [0, 0.05) is 12.8 Å². The van der Waals surface area contributed by atoms with Crippen molar-refractivity contribution in [3.05, 3.63) is 0 Å². The van der Waals surface area contributed by atoms with Crippen LogP contribution < -0.4 is 0 Å². The van der Waals surface area contributed by atoms with Crippen molar-refractivity contribution in [2.45, 2.75) is 44.3 Å². The highest BCUT2D eigenvalue weighted by atomic mass is 16.6. The third-order valence-electron chi connectivity index (χ3n) is 2.93. The monoisotopic (exact) mass is 272 g/mol. The lowest BCUT2D eigenvalue weighted by Crippen LogP contribution is -2.10. The number of epoxide rings is 2. The smallest absolute Gasteiger partial charge is 0.305 e. The lowest BCUT2D eigenvalue weighted by Gasteiger charge is -2.03. The van der Waals surface area contributed by atoms with E-state index in [9.17, 15) is 9.59 Å². The van der Waals surface area contributed by atoms with E-state index in [-0.39, 0.29) is 24.1 Å². The second-order valence-corrected chi connectivity index (χ2v) is 4.84. The zero-order valence-corrected chi connectivity index (χ0v) is 11.0. The first-order chi connectivity index (χ1) is 9.24. The van der Waals surface area contributed by atoms with Crippen molar-refractivity contribution in [2.75, 3.05) is 26.4 Å². The summed E-state index contributed by atoms with van der Waals surface area (Å²) in [6, 6.07) is 0. The third-order valence-corrected chi connectivity index (χ3v) is 2.93.